The van der Waals surface area contributed by atoms with Gasteiger partial charge in [0.1, 0.15) is 16.5 Å². The molecule has 2 aromatic carbocycles. The second-order valence-electron chi connectivity index (χ2n) is 5.87. The molecule has 26 heavy (non-hydrogen) atoms. The SMILES string of the molecule is COc1ccc(-c2nc(C[S@@](=O)Cc3ccccc3C)cs2)c(OC)c1. The number of hydrogen-bond donors (Lipinski definition) is 0. The van der Waals surface area contributed by atoms with Crippen molar-refractivity contribution in [2.75, 3.05) is 14.2 Å². The van der Waals surface area contributed by atoms with Crippen LogP contribution in [0.25, 0.3) is 10.6 Å². The predicted octanol–water partition coefficient (Wildman–Crippen LogP) is 4.58. The fourth-order valence-corrected chi connectivity index (χ4v) is 4.84. The zero-order chi connectivity index (χ0) is 18.5. The third-order valence-electron chi connectivity index (χ3n) is 4.08. The van der Waals surface area contributed by atoms with Gasteiger partial charge in [-0.3, -0.25) is 4.21 Å². The van der Waals surface area contributed by atoms with Gasteiger partial charge in [0.25, 0.3) is 0 Å². The van der Waals surface area contributed by atoms with Crippen LogP contribution in [0, 0.1) is 6.92 Å². The van der Waals surface area contributed by atoms with E-state index >= 15 is 0 Å². The number of aryl methyl sites for hydroxylation is 1. The standard InChI is InChI=1S/C20H21NO3S2/c1-14-6-4-5-7-15(14)12-26(22)13-16-11-25-20(21-16)18-9-8-17(23-2)10-19(18)24-3/h4-11H,12-13H2,1-3H3/t26-/m0/s1. The van der Waals surface area contributed by atoms with Crippen molar-refractivity contribution in [2.45, 2.75) is 18.4 Å². The zero-order valence-electron chi connectivity index (χ0n) is 15.0. The third-order valence-corrected chi connectivity index (χ3v) is 6.25. The minimum absolute atomic E-state index is 0.448. The van der Waals surface area contributed by atoms with Crippen LogP contribution in [0.3, 0.4) is 0 Å². The molecule has 0 unspecified atom stereocenters. The monoisotopic (exact) mass is 387 g/mol. The molecule has 0 saturated heterocycles. The minimum Gasteiger partial charge on any atom is -0.497 e. The Labute approximate surface area is 160 Å². The van der Waals surface area contributed by atoms with E-state index in [1.54, 1.807) is 14.2 Å². The number of hydrogen-bond acceptors (Lipinski definition) is 5. The molecule has 0 aliphatic carbocycles. The van der Waals surface area contributed by atoms with E-state index in [0.29, 0.717) is 17.3 Å². The Morgan fingerprint density at radius 3 is 2.62 bits per heavy atom. The Hall–Kier alpha value is -2.18. The molecule has 0 amide bonds. The molecule has 0 saturated carbocycles. The molecular weight excluding hydrogens is 366 g/mol. The van der Waals surface area contributed by atoms with E-state index in [-0.39, 0.29) is 0 Å². The van der Waals surface area contributed by atoms with Crippen LogP contribution in [-0.4, -0.2) is 23.4 Å². The van der Waals surface area contributed by atoms with Crippen LogP contribution in [0.4, 0.5) is 0 Å². The zero-order valence-corrected chi connectivity index (χ0v) is 16.7. The molecule has 6 heteroatoms. The van der Waals surface area contributed by atoms with E-state index in [2.05, 4.69) is 4.98 Å². The van der Waals surface area contributed by atoms with Gasteiger partial charge in [-0.1, -0.05) is 24.3 Å². The summed E-state index contributed by atoms with van der Waals surface area (Å²) >= 11 is 1.53. The van der Waals surface area contributed by atoms with Crippen LogP contribution in [0.2, 0.25) is 0 Å². The summed E-state index contributed by atoms with van der Waals surface area (Å²) in [6, 6.07) is 13.7. The maximum absolute atomic E-state index is 12.5. The topological polar surface area (TPSA) is 48.4 Å². The highest BCUT2D eigenvalue weighted by Gasteiger charge is 2.13. The summed E-state index contributed by atoms with van der Waals surface area (Å²) in [4.78, 5) is 4.65. The van der Waals surface area contributed by atoms with E-state index in [1.165, 1.54) is 16.9 Å². The van der Waals surface area contributed by atoms with E-state index in [9.17, 15) is 4.21 Å². The van der Waals surface area contributed by atoms with Crippen molar-refractivity contribution in [1.82, 2.24) is 4.98 Å². The van der Waals surface area contributed by atoms with Crippen molar-refractivity contribution in [3.8, 4) is 22.1 Å². The molecule has 1 heterocycles. The van der Waals surface area contributed by atoms with Gasteiger partial charge in [-0.25, -0.2) is 4.98 Å². The van der Waals surface area contributed by atoms with Crippen molar-refractivity contribution in [3.63, 3.8) is 0 Å². The van der Waals surface area contributed by atoms with Gasteiger partial charge < -0.3 is 9.47 Å². The summed E-state index contributed by atoms with van der Waals surface area (Å²) in [5.41, 5.74) is 4.05. The molecule has 0 radical (unpaired) electrons. The molecule has 1 atom stereocenters. The lowest BCUT2D eigenvalue weighted by molar-refractivity contribution is 0.395. The van der Waals surface area contributed by atoms with Gasteiger partial charge in [0.15, 0.2) is 0 Å². The Balaban J connectivity index is 1.74. The number of thiazole rings is 1. The summed E-state index contributed by atoms with van der Waals surface area (Å²) in [7, 11) is 2.26. The van der Waals surface area contributed by atoms with Crippen LogP contribution in [0.1, 0.15) is 16.8 Å². The summed E-state index contributed by atoms with van der Waals surface area (Å²) in [6.07, 6.45) is 0. The smallest absolute Gasteiger partial charge is 0.132 e. The van der Waals surface area contributed by atoms with Crippen molar-refractivity contribution in [3.05, 3.63) is 64.7 Å². The number of nitrogens with zero attached hydrogens (tertiary/aromatic N) is 1. The molecule has 1 aromatic heterocycles. The average Bonchev–Trinajstić information content (AvgIpc) is 3.11. The first-order chi connectivity index (χ1) is 12.6. The molecule has 0 aliphatic rings. The highest BCUT2D eigenvalue weighted by molar-refractivity contribution is 7.83. The quantitative estimate of drug-likeness (QED) is 0.595. The number of benzene rings is 2. The maximum Gasteiger partial charge on any atom is 0.132 e. The van der Waals surface area contributed by atoms with Gasteiger partial charge in [-0.2, -0.15) is 0 Å². The number of aromatic nitrogens is 1. The lowest BCUT2D eigenvalue weighted by Gasteiger charge is -2.08. The minimum atomic E-state index is -0.995. The van der Waals surface area contributed by atoms with Crippen LogP contribution in [0.5, 0.6) is 11.5 Å². The number of rotatable bonds is 7. The largest absolute Gasteiger partial charge is 0.497 e. The van der Waals surface area contributed by atoms with Gasteiger partial charge in [-0.15, -0.1) is 11.3 Å². The highest BCUT2D eigenvalue weighted by atomic mass is 32.2. The second kappa shape index (κ2) is 8.47. The van der Waals surface area contributed by atoms with Gasteiger partial charge >= 0.3 is 0 Å². The van der Waals surface area contributed by atoms with Gasteiger partial charge in [0, 0.05) is 28.0 Å². The first-order valence-electron chi connectivity index (χ1n) is 8.17. The van der Waals surface area contributed by atoms with Gasteiger partial charge in [-0.05, 0) is 30.2 Å². The lowest BCUT2D eigenvalue weighted by Crippen LogP contribution is -2.01. The van der Waals surface area contributed by atoms with Crippen molar-refractivity contribution >= 4 is 22.1 Å². The molecule has 136 valence electrons. The van der Waals surface area contributed by atoms with Gasteiger partial charge in [0.2, 0.25) is 0 Å². The Morgan fingerprint density at radius 1 is 1.08 bits per heavy atom. The summed E-state index contributed by atoms with van der Waals surface area (Å²) in [5.74, 6) is 2.45. The van der Waals surface area contributed by atoms with Crippen LogP contribution in [0.15, 0.2) is 47.8 Å². The molecule has 4 nitrogen and oxygen atoms in total. The number of ether oxygens (including phenoxy) is 2. The highest BCUT2D eigenvalue weighted by Crippen LogP contribution is 2.35. The fraction of sp³-hybridized carbons (Fsp3) is 0.250. The molecule has 0 spiro atoms. The fourth-order valence-electron chi connectivity index (χ4n) is 2.63. The molecular formula is C20H21NO3S2. The molecule has 3 rings (SSSR count). The van der Waals surface area contributed by atoms with E-state index in [1.807, 2.05) is 54.8 Å². The molecule has 0 aliphatic heterocycles. The Bertz CT molecular complexity index is 921. The first-order valence-corrected chi connectivity index (χ1v) is 10.5. The van der Waals surface area contributed by atoms with Crippen LogP contribution >= 0.6 is 11.3 Å². The first kappa shape index (κ1) is 18.6. The normalized spacial score (nSPS) is 12.0. The Morgan fingerprint density at radius 2 is 1.88 bits per heavy atom. The van der Waals surface area contributed by atoms with E-state index in [0.717, 1.165) is 27.6 Å². The maximum atomic E-state index is 12.5. The second-order valence-corrected chi connectivity index (χ2v) is 8.18. The third kappa shape index (κ3) is 4.31. The molecule has 0 N–H and O–H groups in total. The van der Waals surface area contributed by atoms with Crippen molar-refractivity contribution in [2.24, 2.45) is 0 Å². The molecule has 0 bridgehead atoms. The van der Waals surface area contributed by atoms with E-state index < -0.39 is 10.8 Å². The predicted molar refractivity (Wildman–Crippen MR) is 107 cm³/mol. The molecule has 0 fully saturated rings. The van der Waals surface area contributed by atoms with Crippen molar-refractivity contribution in [1.29, 1.82) is 0 Å². The lowest BCUT2D eigenvalue weighted by atomic mass is 10.1. The van der Waals surface area contributed by atoms with Crippen LogP contribution < -0.4 is 9.47 Å². The average molecular weight is 388 g/mol. The van der Waals surface area contributed by atoms with Crippen LogP contribution in [-0.2, 0) is 22.3 Å². The van der Waals surface area contributed by atoms with Gasteiger partial charge in [0.05, 0.1) is 31.2 Å². The summed E-state index contributed by atoms with van der Waals surface area (Å²) < 4.78 is 23.2. The Kier molecular flexibility index (Phi) is 6.06. The van der Waals surface area contributed by atoms with Crippen molar-refractivity contribution < 1.29 is 13.7 Å². The van der Waals surface area contributed by atoms with E-state index in [4.69, 9.17) is 9.47 Å². The summed E-state index contributed by atoms with van der Waals surface area (Å²) in [5, 5.41) is 2.82. The number of methoxy groups -OCH3 is 2. The summed E-state index contributed by atoms with van der Waals surface area (Å²) in [6.45, 7) is 2.05. The molecule has 3 aromatic rings.